The van der Waals surface area contributed by atoms with Gasteiger partial charge in [-0.15, -0.1) is 0 Å². The van der Waals surface area contributed by atoms with E-state index >= 15 is 0 Å². The first-order valence-electron chi connectivity index (χ1n) is 12.0. The minimum atomic E-state index is -0.810. The molecule has 2 aliphatic heterocycles. The van der Waals surface area contributed by atoms with Gasteiger partial charge in [0.25, 0.3) is 11.8 Å². The molecule has 0 radical (unpaired) electrons. The Bertz CT molecular complexity index is 975. The van der Waals surface area contributed by atoms with E-state index in [0.717, 1.165) is 44.3 Å². The normalized spacial score (nSPS) is 17.2. The second kappa shape index (κ2) is 13.5. The molecular formula is C25H32N2O6S2. The van der Waals surface area contributed by atoms with Crippen LogP contribution in [0.15, 0.2) is 23.1 Å². The van der Waals surface area contributed by atoms with Crippen molar-refractivity contribution in [2.75, 3.05) is 32.8 Å². The number of benzene rings is 1. The Morgan fingerprint density at radius 1 is 1.11 bits per heavy atom. The highest BCUT2D eigenvalue weighted by Gasteiger charge is 2.31. The van der Waals surface area contributed by atoms with Gasteiger partial charge in [0.2, 0.25) is 0 Å². The number of carbonyl (C=O) groups is 3. The van der Waals surface area contributed by atoms with E-state index in [0.29, 0.717) is 46.7 Å². The number of ether oxygens (including phenoxy) is 2. The maximum atomic E-state index is 12.9. The largest absolute Gasteiger partial charge is 0.490 e. The van der Waals surface area contributed by atoms with E-state index in [1.54, 1.807) is 23.1 Å². The first kappa shape index (κ1) is 27.0. The third-order valence-electron chi connectivity index (χ3n) is 5.77. The first-order chi connectivity index (χ1) is 16.9. The number of hydrogen-bond acceptors (Lipinski definition) is 7. The van der Waals surface area contributed by atoms with Crippen LogP contribution in [-0.2, 0) is 14.4 Å². The minimum Gasteiger partial charge on any atom is -0.490 e. The number of carboxylic acids is 1. The maximum absolute atomic E-state index is 12.9. The molecule has 1 aromatic carbocycles. The number of rotatable bonds is 12. The quantitative estimate of drug-likeness (QED) is 0.247. The molecular weight excluding hydrogens is 488 g/mol. The first-order valence-corrected chi connectivity index (χ1v) is 13.3. The average molecular weight is 521 g/mol. The molecule has 2 saturated heterocycles. The van der Waals surface area contributed by atoms with Crippen LogP contribution in [-0.4, -0.2) is 69.9 Å². The molecule has 0 spiro atoms. The fourth-order valence-electron chi connectivity index (χ4n) is 3.94. The van der Waals surface area contributed by atoms with Gasteiger partial charge in [-0.25, -0.2) is 0 Å². The lowest BCUT2D eigenvalue weighted by atomic mass is 10.1. The number of carbonyl (C=O) groups excluding carboxylic acids is 2. The van der Waals surface area contributed by atoms with Gasteiger partial charge in [-0.2, -0.15) is 0 Å². The van der Waals surface area contributed by atoms with E-state index in [1.165, 1.54) is 11.8 Å². The molecule has 0 unspecified atom stereocenters. The number of nitrogens with zero attached hydrogens (tertiary/aromatic N) is 2. The fourth-order valence-corrected chi connectivity index (χ4v) is 5.25. The molecule has 3 rings (SSSR count). The Balaban J connectivity index is 1.61. The number of unbranched alkanes of at least 4 members (excludes halogenated alkanes) is 2. The van der Waals surface area contributed by atoms with Crippen LogP contribution in [0.5, 0.6) is 11.5 Å². The Labute approximate surface area is 215 Å². The lowest BCUT2D eigenvalue weighted by Gasteiger charge is -2.26. The van der Waals surface area contributed by atoms with Crippen molar-refractivity contribution in [3.63, 3.8) is 0 Å². The SMILES string of the molecule is CCOc1cc(/C=C2/SC(=S)N(CCCCCC(=O)O)C2=O)ccc1OCC(=O)N1CCCCC1. The third-order valence-corrected chi connectivity index (χ3v) is 7.15. The molecule has 190 valence electrons. The third kappa shape index (κ3) is 7.96. The van der Waals surface area contributed by atoms with Crippen molar-refractivity contribution in [3.8, 4) is 11.5 Å². The van der Waals surface area contributed by atoms with Gasteiger partial charge in [-0.3, -0.25) is 19.3 Å². The van der Waals surface area contributed by atoms with Crippen molar-refractivity contribution >= 4 is 52.2 Å². The van der Waals surface area contributed by atoms with E-state index < -0.39 is 5.97 Å². The second-order valence-electron chi connectivity index (χ2n) is 8.41. The summed E-state index contributed by atoms with van der Waals surface area (Å²) in [6.07, 6.45) is 7.13. The maximum Gasteiger partial charge on any atom is 0.303 e. The molecule has 8 nitrogen and oxygen atoms in total. The number of thioether (sulfide) groups is 1. The monoisotopic (exact) mass is 520 g/mol. The van der Waals surface area contributed by atoms with E-state index in [4.69, 9.17) is 26.8 Å². The summed E-state index contributed by atoms with van der Waals surface area (Å²) in [5.74, 6) is 0.0198. The summed E-state index contributed by atoms with van der Waals surface area (Å²) in [6.45, 7) is 4.30. The molecule has 0 aliphatic carbocycles. The molecule has 1 aromatic rings. The van der Waals surface area contributed by atoms with Gasteiger partial charge in [0.15, 0.2) is 18.1 Å². The number of carboxylic acid groups (broad SMARTS) is 1. The minimum absolute atomic E-state index is 0.0251. The summed E-state index contributed by atoms with van der Waals surface area (Å²) >= 11 is 6.63. The van der Waals surface area contributed by atoms with Crippen molar-refractivity contribution in [3.05, 3.63) is 28.7 Å². The molecule has 0 saturated carbocycles. The van der Waals surface area contributed by atoms with E-state index in [1.807, 2.05) is 17.9 Å². The van der Waals surface area contributed by atoms with E-state index in [2.05, 4.69) is 0 Å². The van der Waals surface area contributed by atoms with Gasteiger partial charge in [-0.1, -0.05) is 36.5 Å². The van der Waals surface area contributed by atoms with Crippen molar-refractivity contribution in [1.82, 2.24) is 9.80 Å². The standard InChI is InChI=1S/C25H32N2O6S2/c1-2-32-20-15-18(10-11-19(20)33-17-22(28)26-12-6-4-7-13-26)16-21-24(31)27(25(34)35-21)14-8-3-5-9-23(29)30/h10-11,15-16H,2-9,12-14,17H2,1H3,(H,29,30)/b21-16+. The summed E-state index contributed by atoms with van der Waals surface area (Å²) in [4.78, 5) is 39.9. The average Bonchev–Trinajstić information content (AvgIpc) is 3.11. The molecule has 35 heavy (non-hydrogen) atoms. The number of thiocarbonyl (C=S) groups is 1. The number of likely N-dealkylation sites (tertiary alicyclic amines) is 1. The zero-order chi connectivity index (χ0) is 25.2. The highest BCUT2D eigenvalue weighted by Crippen LogP contribution is 2.35. The van der Waals surface area contributed by atoms with Crippen LogP contribution in [0, 0.1) is 0 Å². The van der Waals surface area contributed by atoms with Gasteiger partial charge in [0.05, 0.1) is 11.5 Å². The Hall–Kier alpha value is -2.59. The Morgan fingerprint density at radius 3 is 2.60 bits per heavy atom. The second-order valence-corrected chi connectivity index (χ2v) is 10.1. The van der Waals surface area contributed by atoms with Crippen LogP contribution >= 0.6 is 24.0 Å². The zero-order valence-corrected chi connectivity index (χ0v) is 21.6. The number of aliphatic carboxylic acids is 1. The summed E-state index contributed by atoms with van der Waals surface area (Å²) in [7, 11) is 0. The van der Waals surface area contributed by atoms with Crippen molar-refractivity contribution in [2.24, 2.45) is 0 Å². The van der Waals surface area contributed by atoms with Crippen LogP contribution in [0.25, 0.3) is 6.08 Å². The number of piperidine rings is 1. The predicted octanol–water partition coefficient (Wildman–Crippen LogP) is 4.32. The van der Waals surface area contributed by atoms with Crippen molar-refractivity contribution in [2.45, 2.75) is 51.9 Å². The number of amides is 2. The van der Waals surface area contributed by atoms with Gasteiger partial charge >= 0.3 is 5.97 Å². The summed E-state index contributed by atoms with van der Waals surface area (Å²) in [5, 5.41) is 8.73. The van der Waals surface area contributed by atoms with Crippen LogP contribution in [0.4, 0.5) is 0 Å². The van der Waals surface area contributed by atoms with Crippen LogP contribution in [0.3, 0.4) is 0 Å². The van der Waals surface area contributed by atoms with Crippen LogP contribution in [0.1, 0.15) is 57.4 Å². The molecule has 2 fully saturated rings. The molecule has 2 amide bonds. The van der Waals surface area contributed by atoms with Crippen LogP contribution < -0.4 is 9.47 Å². The molecule has 2 heterocycles. The van der Waals surface area contributed by atoms with E-state index in [-0.39, 0.29) is 24.8 Å². The van der Waals surface area contributed by atoms with Gasteiger partial charge in [0, 0.05) is 26.1 Å². The summed E-state index contributed by atoms with van der Waals surface area (Å²) < 4.78 is 12.0. The van der Waals surface area contributed by atoms with Crippen molar-refractivity contribution in [1.29, 1.82) is 0 Å². The fraction of sp³-hybridized carbons (Fsp3) is 0.520. The van der Waals surface area contributed by atoms with Crippen molar-refractivity contribution < 1.29 is 29.0 Å². The molecule has 0 atom stereocenters. The molecule has 1 N–H and O–H groups in total. The molecule has 0 bridgehead atoms. The van der Waals surface area contributed by atoms with Gasteiger partial charge in [-0.05, 0) is 62.8 Å². The zero-order valence-electron chi connectivity index (χ0n) is 20.0. The van der Waals surface area contributed by atoms with Crippen LogP contribution in [0.2, 0.25) is 0 Å². The molecule has 2 aliphatic rings. The lowest BCUT2D eigenvalue weighted by molar-refractivity contribution is -0.137. The van der Waals surface area contributed by atoms with Gasteiger partial charge in [0.1, 0.15) is 4.32 Å². The smallest absolute Gasteiger partial charge is 0.303 e. The predicted molar refractivity (Wildman–Crippen MR) is 140 cm³/mol. The Morgan fingerprint density at radius 2 is 1.89 bits per heavy atom. The van der Waals surface area contributed by atoms with Gasteiger partial charge < -0.3 is 19.5 Å². The summed E-state index contributed by atoms with van der Waals surface area (Å²) in [6, 6.07) is 5.37. The molecule has 10 heteroatoms. The lowest BCUT2D eigenvalue weighted by Crippen LogP contribution is -2.38. The molecule has 0 aromatic heterocycles. The van der Waals surface area contributed by atoms with E-state index in [9.17, 15) is 14.4 Å². The highest BCUT2D eigenvalue weighted by atomic mass is 32.2. The topological polar surface area (TPSA) is 96.4 Å². The highest BCUT2D eigenvalue weighted by molar-refractivity contribution is 8.26. The summed E-state index contributed by atoms with van der Waals surface area (Å²) in [5.41, 5.74) is 0.769. The Kier molecular flexibility index (Phi) is 10.4. The number of hydrogen-bond donors (Lipinski definition) is 1.